The number of amides is 1. The number of hydrogen-bond donors (Lipinski definition) is 1. The topological polar surface area (TPSA) is 63.1 Å². The number of benzene rings is 2. The standard InChI is InChI=1S/C24H28ClN5OS/c1-16(29(2)3)23-27-28-24(30(23)19-13-11-18(25)12-14-19)32-15-22(31)26-21-10-6-8-17-7-4-5-9-20(17)21/h4-5,7,9,11-14,16,21H,6,8,10,15H2,1-3H3,(H,26,31). The quantitative estimate of drug-likeness (QED) is 0.502. The fourth-order valence-corrected chi connectivity index (χ4v) is 4.88. The predicted octanol–water partition coefficient (Wildman–Crippen LogP) is 4.83. The van der Waals surface area contributed by atoms with Crippen molar-refractivity contribution in [3.8, 4) is 5.69 Å². The Morgan fingerprint density at radius 1 is 1.22 bits per heavy atom. The van der Waals surface area contributed by atoms with Crippen molar-refractivity contribution < 1.29 is 4.79 Å². The van der Waals surface area contributed by atoms with E-state index in [4.69, 9.17) is 11.6 Å². The first-order chi connectivity index (χ1) is 15.4. The number of aromatic nitrogens is 3. The third-order valence-electron chi connectivity index (χ3n) is 5.93. The van der Waals surface area contributed by atoms with Crippen molar-refractivity contribution in [3.05, 3.63) is 70.5 Å². The maximum atomic E-state index is 12.8. The Balaban J connectivity index is 1.51. The number of aryl methyl sites for hydroxylation is 1. The number of thioether (sulfide) groups is 1. The minimum absolute atomic E-state index is 0.00423. The number of hydrogen-bond acceptors (Lipinski definition) is 5. The summed E-state index contributed by atoms with van der Waals surface area (Å²) in [7, 11) is 4.02. The van der Waals surface area contributed by atoms with Crippen LogP contribution >= 0.6 is 23.4 Å². The van der Waals surface area contributed by atoms with Crippen LogP contribution < -0.4 is 5.32 Å². The highest BCUT2D eigenvalue weighted by atomic mass is 35.5. The number of nitrogens with zero attached hydrogens (tertiary/aromatic N) is 4. The number of halogens is 1. The average Bonchev–Trinajstić information content (AvgIpc) is 3.21. The van der Waals surface area contributed by atoms with Gasteiger partial charge in [-0.25, -0.2) is 0 Å². The second-order valence-electron chi connectivity index (χ2n) is 8.29. The van der Waals surface area contributed by atoms with Crippen molar-refractivity contribution in [2.45, 2.75) is 43.4 Å². The van der Waals surface area contributed by atoms with Crippen LogP contribution in [0.3, 0.4) is 0 Å². The molecule has 0 aliphatic heterocycles. The van der Waals surface area contributed by atoms with E-state index < -0.39 is 0 Å². The van der Waals surface area contributed by atoms with Crippen molar-refractivity contribution in [2.24, 2.45) is 0 Å². The number of nitrogens with one attached hydrogen (secondary N) is 1. The molecule has 0 spiro atoms. The molecular formula is C24H28ClN5OS. The SMILES string of the molecule is CC(c1nnc(SCC(=O)NC2CCCc3ccccc32)n1-c1ccc(Cl)cc1)N(C)C. The highest BCUT2D eigenvalue weighted by Crippen LogP contribution is 2.30. The fraction of sp³-hybridized carbons (Fsp3) is 0.375. The van der Waals surface area contributed by atoms with Gasteiger partial charge in [-0.05, 0) is 75.7 Å². The van der Waals surface area contributed by atoms with Crippen LogP contribution in [-0.4, -0.2) is 45.4 Å². The average molecular weight is 470 g/mol. The molecule has 0 saturated heterocycles. The summed E-state index contributed by atoms with van der Waals surface area (Å²) in [6.07, 6.45) is 3.14. The molecule has 2 unspecified atom stereocenters. The Hall–Kier alpha value is -2.35. The molecule has 8 heteroatoms. The molecule has 1 aliphatic carbocycles. The van der Waals surface area contributed by atoms with Gasteiger partial charge < -0.3 is 5.32 Å². The number of fused-ring (bicyclic) bond motifs is 1. The molecule has 1 amide bonds. The molecule has 1 aromatic heterocycles. The lowest BCUT2D eigenvalue weighted by Gasteiger charge is -2.26. The maximum absolute atomic E-state index is 12.8. The predicted molar refractivity (Wildman–Crippen MR) is 129 cm³/mol. The molecule has 0 bridgehead atoms. The van der Waals surface area contributed by atoms with E-state index in [1.165, 1.54) is 22.9 Å². The molecule has 0 fully saturated rings. The van der Waals surface area contributed by atoms with Crippen LogP contribution in [0, 0.1) is 0 Å². The first-order valence-corrected chi connectivity index (χ1v) is 12.2. The van der Waals surface area contributed by atoms with Gasteiger partial charge in [0.2, 0.25) is 5.91 Å². The largest absolute Gasteiger partial charge is 0.349 e. The van der Waals surface area contributed by atoms with Crippen molar-refractivity contribution in [2.75, 3.05) is 19.8 Å². The Bertz CT molecular complexity index is 1080. The zero-order valence-electron chi connectivity index (χ0n) is 18.6. The zero-order chi connectivity index (χ0) is 22.7. The summed E-state index contributed by atoms with van der Waals surface area (Å²) in [5, 5.41) is 13.4. The molecule has 3 aromatic rings. The number of rotatable bonds is 7. The van der Waals surface area contributed by atoms with Crippen LogP contribution in [0.25, 0.3) is 5.69 Å². The van der Waals surface area contributed by atoms with Gasteiger partial charge in [0.15, 0.2) is 11.0 Å². The molecule has 6 nitrogen and oxygen atoms in total. The van der Waals surface area contributed by atoms with E-state index in [9.17, 15) is 4.79 Å². The lowest BCUT2D eigenvalue weighted by atomic mass is 9.88. The molecule has 0 radical (unpaired) electrons. The van der Waals surface area contributed by atoms with E-state index >= 15 is 0 Å². The molecule has 0 saturated carbocycles. The van der Waals surface area contributed by atoms with Crippen LogP contribution in [0.2, 0.25) is 5.02 Å². The van der Waals surface area contributed by atoms with Gasteiger partial charge in [0.05, 0.1) is 17.8 Å². The van der Waals surface area contributed by atoms with Crippen LogP contribution in [0.15, 0.2) is 53.7 Å². The molecule has 2 atom stereocenters. The lowest BCUT2D eigenvalue weighted by Crippen LogP contribution is -2.32. The first-order valence-electron chi connectivity index (χ1n) is 10.8. The second kappa shape index (κ2) is 10.1. The van der Waals surface area contributed by atoms with Gasteiger partial charge in [-0.1, -0.05) is 47.6 Å². The van der Waals surface area contributed by atoms with Crippen LogP contribution in [0.1, 0.15) is 48.8 Å². The van der Waals surface area contributed by atoms with Gasteiger partial charge in [0.1, 0.15) is 0 Å². The van der Waals surface area contributed by atoms with Crippen molar-refractivity contribution >= 4 is 29.3 Å². The highest BCUT2D eigenvalue weighted by Gasteiger charge is 2.24. The van der Waals surface area contributed by atoms with Crippen LogP contribution in [0.4, 0.5) is 0 Å². The first kappa shape index (κ1) is 22.8. The van der Waals surface area contributed by atoms with E-state index in [0.717, 1.165) is 30.8 Å². The van der Waals surface area contributed by atoms with E-state index in [2.05, 4.69) is 45.5 Å². The van der Waals surface area contributed by atoms with E-state index in [-0.39, 0.29) is 23.7 Å². The van der Waals surface area contributed by atoms with Gasteiger partial charge in [-0.2, -0.15) is 0 Å². The van der Waals surface area contributed by atoms with E-state index in [0.29, 0.717) is 10.2 Å². The minimum Gasteiger partial charge on any atom is -0.349 e. The second-order valence-corrected chi connectivity index (χ2v) is 9.67. The number of carbonyl (C=O) groups excluding carboxylic acids is 1. The van der Waals surface area contributed by atoms with Crippen molar-refractivity contribution in [1.82, 2.24) is 25.0 Å². The molecule has 1 N–H and O–H groups in total. The Morgan fingerprint density at radius 2 is 1.97 bits per heavy atom. The lowest BCUT2D eigenvalue weighted by molar-refractivity contribution is -0.119. The molecular weight excluding hydrogens is 442 g/mol. The summed E-state index contributed by atoms with van der Waals surface area (Å²) in [6.45, 7) is 2.08. The molecule has 168 valence electrons. The molecule has 1 aliphatic rings. The smallest absolute Gasteiger partial charge is 0.230 e. The van der Waals surface area contributed by atoms with Gasteiger partial charge in [-0.15, -0.1) is 10.2 Å². The summed E-state index contributed by atoms with van der Waals surface area (Å²) in [4.78, 5) is 14.9. The van der Waals surface area contributed by atoms with Gasteiger partial charge >= 0.3 is 0 Å². The van der Waals surface area contributed by atoms with Crippen LogP contribution in [-0.2, 0) is 11.2 Å². The van der Waals surface area contributed by atoms with Crippen molar-refractivity contribution in [3.63, 3.8) is 0 Å². The summed E-state index contributed by atoms with van der Waals surface area (Å²) >= 11 is 7.49. The maximum Gasteiger partial charge on any atom is 0.230 e. The van der Waals surface area contributed by atoms with Gasteiger partial charge in [-0.3, -0.25) is 14.3 Å². The monoisotopic (exact) mass is 469 g/mol. The third-order valence-corrected chi connectivity index (χ3v) is 7.11. The van der Waals surface area contributed by atoms with Crippen LogP contribution in [0.5, 0.6) is 0 Å². The minimum atomic E-state index is 0.00423. The summed E-state index contributed by atoms with van der Waals surface area (Å²) < 4.78 is 2.01. The summed E-state index contributed by atoms with van der Waals surface area (Å²) in [6, 6.07) is 16.1. The normalized spacial score (nSPS) is 16.6. The number of carbonyl (C=O) groups is 1. The fourth-order valence-electron chi connectivity index (χ4n) is 3.98. The van der Waals surface area contributed by atoms with Gasteiger partial charge in [0.25, 0.3) is 0 Å². The zero-order valence-corrected chi connectivity index (χ0v) is 20.2. The Labute approximate surface area is 198 Å². The molecule has 1 heterocycles. The molecule has 4 rings (SSSR count). The highest BCUT2D eigenvalue weighted by molar-refractivity contribution is 7.99. The molecule has 2 aromatic carbocycles. The molecule has 32 heavy (non-hydrogen) atoms. The van der Waals surface area contributed by atoms with E-state index in [1.807, 2.05) is 49.0 Å². The van der Waals surface area contributed by atoms with Crippen molar-refractivity contribution in [1.29, 1.82) is 0 Å². The van der Waals surface area contributed by atoms with E-state index in [1.54, 1.807) is 0 Å². The third kappa shape index (κ3) is 5.00. The summed E-state index contributed by atoms with van der Waals surface area (Å²) in [5.41, 5.74) is 3.50. The summed E-state index contributed by atoms with van der Waals surface area (Å²) in [5.74, 6) is 1.10. The Kier molecular flexibility index (Phi) is 7.18. The van der Waals surface area contributed by atoms with Gasteiger partial charge in [0, 0.05) is 10.7 Å². The Morgan fingerprint density at radius 3 is 2.72 bits per heavy atom.